The molecule has 1 fully saturated rings. The third-order valence-corrected chi connectivity index (χ3v) is 5.12. The molecule has 3 heterocycles. The van der Waals surface area contributed by atoms with Gasteiger partial charge in [0.2, 0.25) is 0 Å². The maximum absolute atomic E-state index is 6.22. The number of hydrogen-bond donors (Lipinski definition) is 2. The molecule has 4 heteroatoms. The van der Waals surface area contributed by atoms with Crippen molar-refractivity contribution in [3.05, 3.63) is 48.1 Å². The van der Waals surface area contributed by atoms with Crippen molar-refractivity contribution in [1.82, 2.24) is 14.9 Å². The van der Waals surface area contributed by atoms with Gasteiger partial charge in [0.15, 0.2) is 0 Å². The molecule has 1 saturated carbocycles. The molecule has 3 aromatic rings. The summed E-state index contributed by atoms with van der Waals surface area (Å²) in [5.74, 6) is 1.73. The lowest BCUT2D eigenvalue weighted by Gasteiger charge is -2.14. The Kier molecular flexibility index (Phi) is 2.98. The zero-order valence-corrected chi connectivity index (χ0v) is 13.8. The summed E-state index contributed by atoms with van der Waals surface area (Å²) in [4.78, 5) is 3.42. The molecule has 122 valence electrons. The van der Waals surface area contributed by atoms with E-state index in [1.807, 2.05) is 12.4 Å². The van der Waals surface area contributed by atoms with E-state index >= 15 is 0 Å². The molecule has 0 atom stereocenters. The number of nitrogens with zero attached hydrogens (tertiary/aromatic N) is 1. The van der Waals surface area contributed by atoms with E-state index in [2.05, 4.69) is 52.4 Å². The summed E-state index contributed by atoms with van der Waals surface area (Å²) in [6.07, 6.45) is 11.0. The summed E-state index contributed by atoms with van der Waals surface area (Å²) >= 11 is 0. The molecule has 24 heavy (non-hydrogen) atoms. The van der Waals surface area contributed by atoms with E-state index in [-0.39, 0.29) is 0 Å². The SMILES string of the molecule is Cn1cc(-c2c(OCC3CC3)ccc3cc[nH]c23)c2c1CNC=C2. The van der Waals surface area contributed by atoms with Crippen molar-refractivity contribution in [3.8, 4) is 16.9 Å². The van der Waals surface area contributed by atoms with Crippen molar-refractivity contribution in [2.24, 2.45) is 13.0 Å². The minimum Gasteiger partial charge on any atom is -0.493 e. The van der Waals surface area contributed by atoms with Gasteiger partial charge in [-0.2, -0.15) is 0 Å². The number of H-pyrrole nitrogens is 1. The first-order valence-electron chi connectivity index (χ1n) is 8.62. The molecule has 2 aromatic heterocycles. The van der Waals surface area contributed by atoms with Gasteiger partial charge in [-0.1, -0.05) is 0 Å². The molecular formula is C20H21N3O. The number of rotatable bonds is 4. The van der Waals surface area contributed by atoms with E-state index in [9.17, 15) is 0 Å². The Labute approximate surface area is 141 Å². The Morgan fingerprint density at radius 1 is 1.25 bits per heavy atom. The Hall–Kier alpha value is -2.62. The van der Waals surface area contributed by atoms with Gasteiger partial charge in [0, 0.05) is 41.6 Å². The summed E-state index contributed by atoms with van der Waals surface area (Å²) in [5.41, 5.74) is 6.17. The molecule has 0 bridgehead atoms. The van der Waals surface area contributed by atoms with Crippen LogP contribution in [0.5, 0.6) is 5.75 Å². The second-order valence-electron chi connectivity index (χ2n) is 6.86. The molecule has 0 saturated heterocycles. The number of fused-ring (bicyclic) bond motifs is 2. The van der Waals surface area contributed by atoms with Gasteiger partial charge in [-0.25, -0.2) is 0 Å². The first-order valence-corrected chi connectivity index (χ1v) is 8.62. The smallest absolute Gasteiger partial charge is 0.129 e. The summed E-state index contributed by atoms with van der Waals surface area (Å²) in [6.45, 7) is 1.69. The quantitative estimate of drug-likeness (QED) is 0.762. The Bertz CT molecular complexity index is 943. The molecule has 0 unspecified atom stereocenters. The van der Waals surface area contributed by atoms with Crippen molar-refractivity contribution >= 4 is 17.0 Å². The Morgan fingerprint density at radius 2 is 2.17 bits per heavy atom. The largest absolute Gasteiger partial charge is 0.493 e. The fourth-order valence-electron chi connectivity index (χ4n) is 3.58. The fraction of sp³-hybridized carbons (Fsp3) is 0.300. The zero-order chi connectivity index (χ0) is 16.1. The molecule has 2 aliphatic rings. The van der Waals surface area contributed by atoms with Crippen molar-refractivity contribution in [3.63, 3.8) is 0 Å². The molecule has 5 rings (SSSR count). The lowest BCUT2D eigenvalue weighted by Crippen LogP contribution is -2.12. The van der Waals surface area contributed by atoms with Gasteiger partial charge in [0.1, 0.15) is 5.75 Å². The molecule has 1 aliphatic carbocycles. The number of aryl methyl sites for hydroxylation is 1. The first kappa shape index (κ1) is 13.8. The van der Waals surface area contributed by atoms with Crippen LogP contribution in [0.3, 0.4) is 0 Å². The van der Waals surface area contributed by atoms with Crippen LogP contribution in [0.4, 0.5) is 0 Å². The van der Waals surface area contributed by atoms with Crippen molar-refractivity contribution < 1.29 is 4.74 Å². The molecule has 0 radical (unpaired) electrons. The second-order valence-corrected chi connectivity index (χ2v) is 6.86. The zero-order valence-electron chi connectivity index (χ0n) is 13.8. The maximum atomic E-state index is 6.22. The van der Waals surface area contributed by atoms with Gasteiger partial charge in [-0.05, 0) is 49.2 Å². The summed E-state index contributed by atoms with van der Waals surface area (Å²) < 4.78 is 8.44. The van der Waals surface area contributed by atoms with Gasteiger partial charge < -0.3 is 19.6 Å². The van der Waals surface area contributed by atoms with Crippen LogP contribution in [-0.2, 0) is 13.6 Å². The highest BCUT2D eigenvalue weighted by atomic mass is 16.5. The van der Waals surface area contributed by atoms with Crippen molar-refractivity contribution in [1.29, 1.82) is 0 Å². The lowest BCUT2D eigenvalue weighted by atomic mass is 9.98. The van der Waals surface area contributed by atoms with Crippen LogP contribution in [0.25, 0.3) is 28.1 Å². The van der Waals surface area contributed by atoms with Crippen LogP contribution in [0.15, 0.2) is 36.8 Å². The van der Waals surface area contributed by atoms with E-state index in [1.165, 1.54) is 40.6 Å². The molecule has 0 amide bonds. The topological polar surface area (TPSA) is 42.0 Å². The van der Waals surface area contributed by atoms with Gasteiger partial charge >= 0.3 is 0 Å². The highest BCUT2D eigenvalue weighted by molar-refractivity contribution is 5.99. The standard InChI is InChI=1S/C20H21N3O/c1-23-11-16(15-7-8-21-10-17(15)23)19-18(24-12-13-2-3-13)5-4-14-6-9-22-20(14)19/h4-9,11,13,21-22H,2-3,10,12H2,1H3. The number of hydrogen-bond acceptors (Lipinski definition) is 2. The van der Waals surface area contributed by atoms with Crippen molar-refractivity contribution in [2.75, 3.05) is 6.61 Å². The van der Waals surface area contributed by atoms with Gasteiger partial charge in [-0.15, -0.1) is 0 Å². The number of nitrogens with one attached hydrogen (secondary N) is 2. The monoisotopic (exact) mass is 319 g/mol. The highest BCUT2D eigenvalue weighted by Crippen LogP contribution is 2.41. The summed E-state index contributed by atoms with van der Waals surface area (Å²) in [7, 11) is 2.11. The molecular weight excluding hydrogens is 298 g/mol. The minimum absolute atomic E-state index is 0.742. The average Bonchev–Trinajstić information content (AvgIpc) is 3.21. The predicted molar refractivity (Wildman–Crippen MR) is 96.8 cm³/mol. The molecule has 2 N–H and O–H groups in total. The summed E-state index contributed by atoms with van der Waals surface area (Å²) in [6, 6.07) is 6.39. The molecule has 0 spiro atoms. The van der Waals surface area contributed by atoms with E-state index in [0.29, 0.717) is 0 Å². The second kappa shape index (κ2) is 5.20. The van der Waals surface area contributed by atoms with Crippen LogP contribution < -0.4 is 10.1 Å². The molecule has 4 nitrogen and oxygen atoms in total. The molecule has 1 aliphatic heterocycles. The van der Waals surface area contributed by atoms with Crippen molar-refractivity contribution in [2.45, 2.75) is 19.4 Å². The normalized spacial score (nSPS) is 16.2. The van der Waals surface area contributed by atoms with Crippen LogP contribution >= 0.6 is 0 Å². The third-order valence-electron chi connectivity index (χ3n) is 5.12. The van der Waals surface area contributed by atoms with Crippen LogP contribution in [0, 0.1) is 5.92 Å². The van der Waals surface area contributed by atoms with E-state index < -0.39 is 0 Å². The Morgan fingerprint density at radius 3 is 3.04 bits per heavy atom. The van der Waals surface area contributed by atoms with E-state index in [4.69, 9.17) is 4.74 Å². The molecule has 1 aromatic carbocycles. The van der Waals surface area contributed by atoms with Crippen LogP contribution in [-0.4, -0.2) is 16.2 Å². The highest BCUT2D eigenvalue weighted by Gasteiger charge is 2.24. The number of aromatic nitrogens is 2. The number of aromatic amines is 1. The maximum Gasteiger partial charge on any atom is 0.129 e. The summed E-state index contributed by atoms with van der Waals surface area (Å²) in [5, 5.41) is 4.52. The lowest BCUT2D eigenvalue weighted by molar-refractivity contribution is 0.301. The number of benzene rings is 1. The van der Waals surface area contributed by atoms with Gasteiger partial charge in [0.25, 0.3) is 0 Å². The third kappa shape index (κ3) is 2.13. The fourth-order valence-corrected chi connectivity index (χ4v) is 3.58. The van der Waals surface area contributed by atoms with E-state index in [1.54, 1.807) is 0 Å². The minimum atomic E-state index is 0.742. The van der Waals surface area contributed by atoms with Crippen LogP contribution in [0.2, 0.25) is 0 Å². The first-order chi connectivity index (χ1) is 11.8. The van der Waals surface area contributed by atoms with Gasteiger partial charge in [-0.3, -0.25) is 0 Å². The van der Waals surface area contributed by atoms with Gasteiger partial charge in [0.05, 0.1) is 24.2 Å². The van der Waals surface area contributed by atoms with E-state index in [0.717, 1.165) is 30.3 Å². The number of ether oxygens (including phenoxy) is 1. The predicted octanol–water partition coefficient (Wildman–Crippen LogP) is 4.04. The average molecular weight is 319 g/mol. The Balaban J connectivity index is 1.71. The van der Waals surface area contributed by atoms with Crippen LogP contribution in [0.1, 0.15) is 24.1 Å².